The number of cyclic esters (lactones) is 1. The van der Waals surface area contributed by atoms with Gasteiger partial charge in [-0.2, -0.15) is 0 Å². The zero-order chi connectivity index (χ0) is 26.8. The van der Waals surface area contributed by atoms with Crippen molar-refractivity contribution in [3.05, 3.63) is 58.1 Å². The third-order valence-electron chi connectivity index (χ3n) is 7.83. The lowest BCUT2D eigenvalue weighted by molar-refractivity contribution is -0.141. The fourth-order valence-electron chi connectivity index (χ4n) is 6.08. The van der Waals surface area contributed by atoms with Crippen molar-refractivity contribution in [1.82, 2.24) is 0 Å². The van der Waals surface area contributed by atoms with Crippen LogP contribution in [0.3, 0.4) is 0 Å². The molecule has 1 aliphatic carbocycles. The van der Waals surface area contributed by atoms with Crippen LogP contribution in [0, 0.1) is 11.8 Å². The molecule has 39 heavy (non-hydrogen) atoms. The number of carbonyl (C=O) groups is 1. The van der Waals surface area contributed by atoms with Crippen LogP contribution in [0.2, 0.25) is 5.02 Å². The van der Waals surface area contributed by atoms with Gasteiger partial charge in [-0.05, 0) is 47.0 Å². The van der Waals surface area contributed by atoms with E-state index in [0.717, 1.165) is 16.8 Å². The van der Waals surface area contributed by atoms with Gasteiger partial charge in [0.05, 0.1) is 37.8 Å². The van der Waals surface area contributed by atoms with Gasteiger partial charge in [0.2, 0.25) is 19.3 Å². The lowest BCUT2D eigenvalue weighted by atomic mass is 9.65. The number of hydrogen-bond donors (Lipinski definition) is 2. The van der Waals surface area contributed by atoms with E-state index < -0.39 is 11.8 Å². The highest BCUT2D eigenvalue weighted by atomic mass is 35.5. The molecule has 202 valence electrons. The van der Waals surface area contributed by atoms with E-state index in [-0.39, 0.29) is 60.4 Å². The zero-order valence-electron chi connectivity index (χ0n) is 21.0. The molecule has 10 nitrogen and oxygen atoms in total. The highest BCUT2D eigenvalue weighted by molar-refractivity contribution is 6.33. The molecule has 4 atom stereocenters. The van der Waals surface area contributed by atoms with Crippen molar-refractivity contribution in [2.45, 2.75) is 12.0 Å². The number of benzene rings is 3. The van der Waals surface area contributed by atoms with Gasteiger partial charge in [-0.25, -0.2) is 0 Å². The number of methoxy groups -OCH3 is 2. The number of hydrogen-bond acceptors (Lipinski definition) is 10. The molecular weight excluding hydrogens is 530 g/mol. The van der Waals surface area contributed by atoms with Crippen molar-refractivity contribution in [3.63, 3.8) is 0 Å². The van der Waals surface area contributed by atoms with E-state index in [4.69, 9.17) is 44.8 Å². The number of ether oxygens (including phenoxy) is 7. The number of nitrogens with one attached hydrogen (secondary N) is 1. The minimum atomic E-state index is -0.596. The van der Waals surface area contributed by atoms with Gasteiger partial charge in [-0.1, -0.05) is 11.6 Å². The van der Waals surface area contributed by atoms with Gasteiger partial charge in [0.1, 0.15) is 0 Å². The van der Waals surface area contributed by atoms with Crippen molar-refractivity contribution >= 4 is 23.3 Å². The Morgan fingerprint density at radius 1 is 0.872 bits per heavy atom. The van der Waals surface area contributed by atoms with Crippen LogP contribution in [0.25, 0.3) is 0 Å². The maximum Gasteiger partial charge on any atom is 0.310 e. The van der Waals surface area contributed by atoms with Gasteiger partial charge in [0.15, 0.2) is 34.5 Å². The van der Waals surface area contributed by atoms with E-state index in [1.54, 1.807) is 6.07 Å². The molecule has 4 aliphatic rings. The van der Waals surface area contributed by atoms with E-state index in [1.165, 1.54) is 14.2 Å². The molecular formula is C28H24ClNO9. The number of anilines is 1. The van der Waals surface area contributed by atoms with Crippen molar-refractivity contribution in [2.24, 2.45) is 11.8 Å². The predicted molar refractivity (Wildman–Crippen MR) is 137 cm³/mol. The molecule has 0 bridgehead atoms. The second-order valence-electron chi connectivity index (χ2n) is 9.69. The molecule has 3 aliphatic heterocycles. The number of phenolic OH excluding ortho intramolecular Hbond substituents is 1. The number of carbonyl (C=O) groups excluding carboxylic acids is 1. The summed E-state index contributed by atoms with van der Waals surface area (Å²) in [6.45, 7) is 0.475. The first kappa shape index (κ1) is 23.9. The second kappa shape index (κ2) is 8.94. The standard InChI is InChI=1S/C28H24ClNO9/c1-33-21-8-15(24(29)27(34-2)26(21)31)22-13-6-19-20(39-11-38-19)7-14(13)25(16-9-35-28(32)23(16)22)30-12-3-4-17-18(5-12)37-10-36-17/h3-8,16,22-23,25,30-31H,9-11H2,1-2H3/t16-,22-,23-,25+/m0/s1. The van der Waals surface area contributed by atoms with Crippen molar-refractivity contribution in [1.29, 1.82) is 0 Å². The largest absolute Gasteiger partial charge is 0.502 e. The van der Waals surface area contributed by atoms with E-state index >= 15 is 0 Å². The Morgan fingerprint density at radius 2 is 1.56 bits per heavy atom. The van der Waals surface area contributed by atoms with Gasteiger partial charge < -0.3 is 43.6 Å². The molecule has 11 heteroatoms. The molecule has 0 amide bonds. The van der Waals surface area contributed by atoms with Crippen LogP contribution in [0.5, 0.6) is 40.2 Å². The Kier molecular flexibility index (Phi) is 5.48. The van der Waals surface area contributed by atoms with Crippen LogP contribution < -0.4 is 33.7 Å². The summed E-state index contributed by atoms with van der Waals surface area (Å²) in [7, 11) is 2.85. The molecule has 0 aromatic heterocycles. The molecule has 1 fully saturated rings. The van der Waals surface area contributed by atoms with Crippen LogP contribution >= 0.6 is 11.6 Å². The smallest absolute Gasteiger partial charge is 0.310 e. The zero-order valence-corrected chi connectivity index (χ0v) is 21.7. The maximum atomic E-state index is 13.4. The summed E-state index contributed by atoms with van der Waals surface area (Å²) < 4.78 is 39.0. The molecule has 1 saturated heterocycles. The monoisotopic (exact) mass is 553 g/mol. The van der Waals surface area contributed by atoms with E-state index in [1.807, 2.05) is 30.3 Å². The molecule has 0 saturated carbocycles. The minimum absolute atomic E-state index is 0.0665. The molecule has 2 N–H and O–H groups in total. The number of aromatic hydroxyl groups is 1. The predicted octanol–water partition coefficient (Wildman–Crippen LogP) is 4.61. The quantitative estimate of drug-likeness (QED) is 0.434. The Labute approximate surface area is 228 Å². The fourth-order valence-corrected chi connectivity index (χ4v) is 6.41. The first-order valence-electron chi connectivity index (χ1n) is 12.4. The summed E-state index contributed by atoms with van der Waals surface area (Å²) in [6.07, 6.45) is 0. The van der Waals surface area contributed by atoms with Crippen molar-refractivity contribution < 1.29 is 43.1 Å². The minimum Gasteiger partial charge on any atom is -0.502 e. The second-order valence-corrected chi connectivity index (χ2v) is 10.1. The summed E-state index contributed by atoms with van der Waals surface area (Å²) in [6, 6.07) is 10.8. The molecule has 3 aromatic rings. The summed E-state index contributed by atoms with van der Waals surface area (Å²) in [5.41, 5.74) is 3.09. The molecule has 0 radical (unpaired) electrons. The van der Waals surface area contributed by atoms with Crippen LogP contribution in [-0.4, -0.2) is 45.5 Å². The Hall–Kier alpha value is -4.18. The third kappa shape index (κ3) is 3.58. The average molecular weight is 554 g/mol. The van der Waals surface area contributed by atoms with E-state index in [9.17, 15) is 9.90 Å². The maximum absolute atomic E-state index is 13.4. The van der Waals surface area contributed by atoms with Gasteiger partial charge in [0.25, 0.3) is 0 Å². The Morgan fingerprint density at radius 3 is 2.28 bits per heavy atom. The summed E-state index contributed by atoms with van der Waals surface area (Å²) in [5.74, 6) is 0.786. The highest BCUT2D eigenvalue weighted by Gasteiger charge is 2.53. The van der Waals surface area contributed by atoms with Gasteiger partial charge in [-0.3, -0.25) is 4.79 Å². The normalized spacial score (nSPS) is 23.6. The number of esters is 1. The molecule has 3 aromatic carbocycles. The van der Waals surface area contributed by atoms with E-state index in [0.29, 0.717) is 28.6 Å². The third-order valence-corrected chi connectivity index (χ3v) is 8.22. The average Bonchev–Trinajstić information content (AvgIpc) is 3.68. The van der Waals surface area contributed by atoms with Gasteiger partial charge >= 0.3 is 5.97 Å². The number of rotatable bonds is 5. The van der Waals surface area contributed by atoms with Crippen LogP contribution in [0.15, 0.2) is 36.4 Å². The van der Waals surface area contributed by atoms with Crippen LogP contribution in [-0.2, 0) is 9.53 Å². The molecule has 0 spiro atoms. The molecule has 3 heterocycles. The number of halogens is 1. The lowest BCUT2D eigenvalue weighted by Crippen LogP contribution is -2.37. The molecule has 0 unspecified atom stereocenters. The van der Waals surface area contributed by atoms with Crippen molar-refractivity contribution in [3.8, 4) is 40.2 Å². The van der Waals surface area contributed by atoms with Gasteiger partial charge in [0, 0.05) is 23.6 Å². The first-order valence-corrected chi connectivity index (χ1v) is 12.8. The topological polar surface area (TPSA) is 114 Å². The first-order chi connectivity index (χ1) is 19.0. The number of fused-ring (bicyclic) bond motifs is 4. The van der Waals surface area contributed by atoms with E-state index in [2.05, 4.69) is 5.32 Å². The summed E-state index contributed by atoms with van der Waals surface area (Å²) >= 11 is 6.83. The fraction of sp³-hybridized carbons (Fsp3) is 0.321. The van der Waals surface area contributed by atoms with Crippen molar-refractivity contribution in [2.75, 3.05) is 39.7 Å². The van der Waals surface area contributed by atoms with Crippen LogP contribution in [0.1, 0.15) is 28.7 Å². The highest BCUT2D eigenvalue weighted by Crippen LogP contribution is 2.58. The SMILES string of the molecule is COc1cc([C@@H]2c3cc4c(cc3[C@@H](Nc3ccc5c(c3)OCO5)[C@H]3COC(=O)[C@H]23)OCO4)c(Cl)c(OC)c1O. The molecule has 7 rings (SSSR count). The Bertz CT molecular complexity index is 1510. The Balaban J connectivity index is 1.42. The van der Waals surface area contributed by atoms with Gasteiger partial charge in [-0.15, -0.1) is 0 Å². The summed E-state index contributed by atoms with van der Waals surface area (Å²) in [4.78, 5) is 13.4. The summed E-state index contributed by atoms with van der Waals surface area (Å²) in [5, 5.41) is 14.4. The van der Waals surface area contributed by atoms with Crippen LogP contribution in [0.4, 0.5) is 5.69 Å². The number of phenols is 1. The lowest BCUT2D eigenvalue weighted by Gasteiger charge is -2.40.